The maximum absolute atomic E-state index is 14.5. The smallest absolute Gasteiger partial charge is 0.264 e. The fraction of sp³-hybridized carbons (Fsp3) is 0.235. The molecule has 0 aliphatic carbocycles. The molecule has 0 radical (unpaired) electrons. The molecule has 4 aromatic carbocycles. The molecule has 0 fully saturated rings. The molecule has 0 aliphatic heterocycles. The zero-order valence-corrected chi connectivity index (χ0v) is 29.0. The minimum atomic E-state index is -4.28. The predicted molar refractivity (Wildman–Crippen MR) is 186 cm³/mol. The van der Waals surface area contributed by atoms with Crippen LogP contribution in [0, 0.1) is 5.92 Å². The fourth-order valence-electron chi connectivity index (χ4n) is 4.70. The van der Waals surface area contributed by atoms with Crippen molar-refractivity contribution in [2.75, 3.05) is 17.4 Å². The third kappa shape index (κ3) is 9.17. The highest BCUT2D eigenvalue weighted by atomic mass is 35.5. The van der Waals surface area contributed by atoms with E-state index >= 15 is 0 Å². The van der Waals surface area contributed by atoms with Crippen LogP contribution in [0.4, 0.5) is 5.69 Å². The van der Waals surface area contributed by atoms with Gasteiger partial charge in [-0.15, -0.1) is 0 Å². The van der Waals surface area contributed by atoms with Gasteiger partial charge in [-0.25, -0.2) is 8.42 Å². The Labute approximate surface area is 290 Å². The second-order valence-electron chi connectivity index (χ2n) is 11.0. The van der Waals surface area contributed by atoms with Crippen LogP contribution >= 0.6 is 46.4 Å². The average molecular weight is 722 g/mol. The Morgan fingerprint density at radius 1 is 0.739 bits per heavy atom. The zero-order valence-electron chi connectivity index (χ0n) is 25.2. The second-order valence-corrected chi connectivity index (χ2v) is 14.5. The molecule has 4 aromatic rings. The Balaban J connectivity index is 1.82. The van der Waals surface area contributed by atoms with Gasteiger partial charge < -0.3 is 10.2 Å². The van der Waals surface area contributed by atoms with Crippen LogP contribution in [0.25, 0.3) is 0 Å². The Morgan fingerprint density at radius 2 is 1.33 bits per heavy atom. The third-order valence-corrected chi connectivity index (χ3v) is 10.4. The number of amides is 2. The van der Waals surface area contributed by atoms with E-state index in [1.165, 1.54) is 35.2 Å². The lowest BCUT2D eigenvalue weighted by Crippen LogP contribution is -2.53. The van der Waals surface area contributed by atoms with Gasteiger partial charge in [0.1, 0.15) is 12.6 Å². The lowest BCUT2D eigenvalue weighted by molar-refractivity contribution is -0.140. The summed E-state index contributed by atoms with van der Waals surface area (Å²) in [6.45, 7) is 3.63. The van der Waals surface area contributed by atoms with E-state index in [1.54, 1.807) is 36.4 Å². The number of carbonyl (C=O) groups is 2. The van der Waals surface area contributed by atoms with Crippen molar-refractivity contribution in [2.24, 2.45) is 5.92 Å². The van der Waals surface area contributed by atoms with Crippen molar-refractivity contribution in [2.45, 2.75) is 37.8 Å². The number of halogens is 4. The second kappa shape index (κ2) is 16.0. The van der Waals surface area contributed by atoms with E-state index in [2.05, 4.69) is 5.32 Å². The summed E-state index contributed by atoms with van der Waals surface area (Å²) in [5.74, 6) is -0.850. The molecule has 0 saturated carbocycles. The first kappa shape index (κ1) is 35.6. The van der Waals surface area contributed by atoms with Gasteiger partial charge in [0.25, 0.3) is 10.0 Å². The molecule has 0 spiro atoms. The molecule has 242 valence electrons. The van der Waals surface area contributed by atoms with E-state index in [9.17, 15) is 18.0 Å². The summed E-state index contributed by atoms with van der Waals surface area (Å²) in [5.41, 5.74) is 1.55. The van der Waals surface area contributed by atoms with Gasteiger partial charge in [-0.05, 0) is 59.5 Å². The molecule has 1 atom stereocenters. The van der Waals surface area contributed by atoms with Crippen LogP contribution in [0.2, 0.25) is 20.1 Å². The molecule has 7 nitrogen and oxygen atoms in total. The average Bonchev–Trinajstić information content (AvgIpc) is 3.04. The molecule has 4 rings (SSSR count). The predicted octanol–water partition coefficient (Wildman–Crippen LogP) is 7.91. The summed E-state index contributed by atoms with van der Waals surface area (Å²) in [6.07, 6.45) is 0.177. The van der Waals surface area contributed by atoms with Crippen LogP contribution in [0.1, 0.15) is 25.0 Å². The number of sulfonamides is 1. The first-order chi connectivity index (χ1) is 21.9. The molecular weight excluding hydrogens is 688 g/mol. The number of rotatable bonds is 13. The van der Waals surface area contributed by atoms with Gasteiger partial charge in [0.15, 0.2) is 0 Å². The monoisotopic (exact) mass is 719 g/mol. The SMILES string of the molecule is CC(C)CNC(=O)[C@@H](Cc1ccccc1)N(Cc1ccc(Cl)c(Cl)c1)C(=O)CN(c1ccc(Cl)c(Cl)c1)S(=O)(=O)c1ccccc1. The summed E-state index contributed by atoms with van der Waals surface area (Å²) in [4.78, 5) is 29.7. The number of anilines is 1. The van der Waals surface area contributed by atoms with E-state index in [-0.39, 0.29) is 50.4 Å². The molecular formula is C34H33Cl4N3O4S. The van der Waals surface area contributed by atoms with E-state index in [0.717, 1.165) is 9.87 Å². The number of benzene rings is 4. The van der Waals surface area contributed by atoms with Crippen LogP contribution in [-0.4, -0.2) is 44.3 Å². The highest BCUT2D eigenvalue weighted by molar-refractivity contribution is 7.92. The molecule has 2 amide bonds. The lowest BCUT2D eigenvalue weighted by atomic mass is 10.0. The fourth-order valence-corrected chi connectivity index (χ4v) is 6.74. The summed E-state index contributed by atoms with van der Waals surface area (Å²) in [6, 6.07) is 25.3. The van der Waals surface area contributed by atoms with Crippen molar-refractivity contribution in [1.82, 2.24) is 10.2 Å². The molecule has 1 N–H and O–H groups in total. The van der Waals surface area contributed by atoms with Crippen molar-refractivity contribution in [3.8, 4) is 0 Å². The normalized spacial score (nSPS) is 12.1. The molecule has 46 heavy (non-hydrogen) atoms. The number of nitrogens with one attached hydrogen (secondary N) is 1. The largest absolute Gasteiger partial charge is 0.354 e. The molecule has 0 unspecified atom stereocenters. The van der Waals surface area contributed by atoms with Gasteiger partial charge in [-0.1, -0.05) is 115 Å². The van der Waals surface area contributed by atoms with E-state index in [4.69, 9.17) is 46.4 Å². The molecule has 12 heteroatoms. The van der Waals surface area contributed by atoms with Gasteiger partial charge in [0.05, 0.1) is 30.7 Å². The quantitative estimate of drug-likeness (QED) is 0.152. The summed E-state index contributed by atoms with van der Waals surface area (Å²) >= 11 is 25.0. The molecule has 0 heterocycles. The van der Waals surface area contributed by atoms with Crippen LogP contribution in [0.5, 0.6) is 0 Å². The van der Waals surface area contributed by atoms with Crippen molar-refractivity contribution in [3.05, 3.63) is 128 Å². The molecule has 0 aliphatic rings. The topological polar surface area (TPSA) is 86.8 Å². The van der Waals surface area contributed by atoms with E-state index < -0.39 is 28.5 Å². The van der Waals surface area contributed by atoms with Gasteiger partial charge in [-0.3, -0.25) is 13.9 Å². The van der Waals surface area contributed by atoms with Crippen LogP contribution in [0.15, 0.2) is 102 Å². The summed E-state index contributed by atoms with van der Waals surface area (Å²) in [7, 11) is -4.28. The van der Waals surface area contributed by atoms with Crippen molar-refractivity contribution in [3.63, 3.8) is 0 Å². The highest BCUT2D eigenvalue weighted by Gasteiger charge is 2.35. The number of hydrogen-bond donors (Lipinski definition) is 1. The highest BCUT2D eigenvalue weighted by Crippen LogP contribution is 2.31. The van der Waals surface area contributed by atoms with Crippen LogP contribution in [-0.2, 0) is 32.6 Å². The Kier molecular flexibility index (Phi) is 12.4. The summed E-state index contributed by atoms with van der Waals surface area (Å²) in [5, 5.41) is 3.90. The Morgan fingerprint density at radius 3 is 1.91 bits per heavy atom. The summed E-state index contributed by atoms with van der Waals surface area (Å²) < 4.78 is 29.1. The van der Waals surface area contributed by atoms with E-state index in [1.807, 2.05) is 44.2 Å². The van der Waals surface area contributed by atoms with Gasteiger partial charge in [0.2, 0.25) is 11.8 Å². The zero-order chi connectivity index (χ0) is 33.4. The Bertz CT molecular complexity index is 1770. The molecule has 0 saturated heterocycles. The van der Waals surface area contributed by atoms with Crippen molar-refractivity contribution in [1.29, 1.82) is 0 Å². The Hall–Kier alpha value is -3.27. The van der Waals surface area contributed by atoms with Crippen LogP contribution < -0.4 is 9.62 Å². The van der Waals surface area contributed by atoms with Crippen LogP contribution in [0.3, 0.4) is 0 Å². The van der Waals surface area contributed by atoms with Crippen molar-refractivity contribution >= 4 is 73.9 Å². The minimum Gasteiger partial charge on any atom is -0.354 e. The van der Waals surface area contributed by atoms with Gasteiger partial charge in [0, 0.05) is 19.5 Å². The first-order valence-electron chi connectivity index (χ1n) is 14.4. The molecule has 0 aromatic heterocycles. The van der Waals surface area contributed by atoms with Crippen molar-refractivity contribution < 1.29 is 18.0 Å². The number of carbonyl (C=O) groups excluding carboxylic acids is 2. The first-order valence-corrected chi connectivity index (χ1v) is 17.4. The number of nitrogens with zero attached hydrogens (tertiary/aromatic N) is 2. The van der Waals surface area contributed by atoms with Gasteiger partial charge in [-0.2, -0.15) is 0 Å². The van der Waals surface area contributed by atoms with Gasteiger partial charge >= 0.3 is 0 Å². The van der Waals surface area contributed by atoms with E-state index in [0.29, 0.717) is 17.1 Å². The standard InChI is InChI=1S/C34H33Cl4N3O4S/c1-23(2)20-39-34(43)32(18-24-9-5-3-6-10-24)40(21-25-13-15-28(35)30(37)17-25)33(42)22-41(26-14-16-29(36)31(38)19-26)46(44,45)27-11-7-4-8-12-27/h3-17,19,23,32H,18,20-22H2,1-2H3,(H,39,43)/t32-/m1/s1. The maximum atomic E-state index is 14.5. The third-order valence-electron chi connectivity index (χ3n) is 7.09. The lowest BCUT2D eigenvalue weighted by Gasteiger charge is -2.34. The number of hydrogen-bond acceptors (Lipinski definition) is 4. The maximum Gasteiger partial charge on any atom is 0.264 e. The minimum absolute atomic E-state index is 0.0274. The molecule has 0 bridgehead atoms.